The quantitative estimate of drug-likeness (QED) is 0.649. The highest BCUT2D eigenvalue weighted by Gasteiger charge is 2.24. The van der Waals surface area contributed by atoms with Gasteiger partial charge in [-0.3, -0.25) is 9.69 Å². The minimum atomic E-state index is 0.205. The van der Waals surface area contributed by atoms with Crippen LogP contribution < -0.4 is 5.32 Å². The molecular weight excluding hydrogens is 164 g/mol. The Kier molecular flexibility index (Phi) is 2.83. The number of nitrogens with one attached hydrogen (secondary N) is 1. The van der Waals surface area contributed by atoms with Crippen molar-refractivity contribution in [1.82, 2.24) is 10.2 Å². The summed E-state index contributed by atoms with van der Waals surface area (Å²) in [6.07, 6.45) is 6.68. The van der Waals surface area contributed by atoms with Gasteiger partial charge in [-0.05, 0) is 12.8 Å². The number of hydrogen-bond acceptors (Lipinski definition) is 2. The van der Waals surface area contributed by atoms with Crippen molar-refractivity contribution < 1.29 is 4.79 Å². The average molecular weight is 182 g/mol. The minimum absolute atomic E-state index is 0.205. The maximum absolute atomic E-state index is 11.2. The topological polar surface area (TPSA) is 32.3 Å². The van der Waals surface area contributed by atoms with Gasteiger partial charge in [-0.25, -0.2) is 0 Å². The fraction of sp³-hybridized carbons (Fsp3) is 0.900. The normalized spacial score (nSPS) is 27.2. The van der Waals surface area contributed by atoms with E-state index in [4.69, 9.17) is 0 Å². The van der Waals surface area contributed by atoms with Crippen LogP contribution in [-0.2, 0) is 4.79 Å². The second-order valence-corrected chi connectivity index (χ2v) is 4.11. The highest BCUT2D eigenvalue weighted by molar-refractivity contribution is 5.78. The largest absolute Gasteiger partial charge is 0.354 e. The zero-order valence-electron chi connectivity index (χ0n) is 8.09. The third kappa shape index (κ3) is 2.21. The third-order valence-corrected chi connectivity index (χ3v) is 3.16. The summed E-state index contributed by atoms with van der Waals surface area (Å²) >= 11 is 0. The zero-order chi connectivity index (χ0) is 9.10. The molecule has 1 saturated heterocycles. The molecule has 1 saturated carbocycles. The number of piperazine rings is 1. The molecule has 1 N–H and O–H groups in total. The van der Waals surface area contributed by atoms with Gasteiger partial charge >= 0.3 is 0 Å². The number of carbonyl (C=O) groups is 1. The lowest BCUT2D eigenvalue weighted by Gasteiger charge is -2.36. The van der Waals surface area contributed by atoms with Crippen molar-refractivity contribution in [3.8, 4) is 0 Å². The predicted octanol–water partition coefficient (Wildman–Crippen LogP) is 0.751. The van der Waals surface area contributed by atoms with Crippen molar-refractivity contribution in [2.75, 3.05) is 19.6 Å². The molecule has 3 nitrogen and oxygen atoms in total. The van der Waals surface area contributed by atoms with Gasteiger partial charge in [-0.1, -0.05) is 19.3 Å². The summed E-state index contributed by atoms with van der Waals surface area (Å²) in [7, 11) is 0. The van der Waals surface area contributed by atoms with E-state index in [2.05, 4.69) is 10.2 Å². The van der Waals surface area contributed by atoms with Gasteiger partial charge in [0.05, 0.1) is 6.54 Å². The Balaban J connectivity index is 1.87. The fourth-order valence-corrected chi connectivity index (χ4v) is 2.42. The first-order chi connectivity index (χ1) is 6.36. The van der Waals surface area contributed by atoms with E-state index in [9.17, 15) is 4.79 Å². The summed E-state index contributed by atoms with van der Waals surface area (Å²) in [6, 6.07) is 0.694. The predicted molar refractivity (Wildman–Crippen MR) is 51.5 cm³/mol. The smallest absolute Gasteiger partial charge is 0.234 e. The van der Waals surface area contributed by atoms with Crippen LogP contribution in [0.2, 0.25) is 0 Å². The molecule has 74 valence electrons. The van der Waals surface area contributed by atoms with Gasteiger partial charge < -0.3 is 5.32 Å². The van der Waals surface area contributed by atoms with Crippen molar-refractivity contribution in [2.24, 2.45) is 0 Å². The minimum Gasteiger partial charge on any atom is -0.354 e. The van der Waals surface area contributed by atoms with Crippen LogP contribution >= 0.6 is 0 Å². The van der Waals surface area contributed by atoms with Crippen molar-refractivity contribution in [1.29, 1.82) is 0 Å². The fourth-order valence-electron chi connectivity index (χ4n) is 2.42. The summed E-state index contributed by atoms with van der Waals surface area (Å²) in [5.41, 5.74) is 0. The zero-order valence-corrected chi connectivity index (χ0v) is 8.09. The molecule has 3 heteroatoms. The molecule has 1 amide bonds. The lowest BCUT2D eigenvalue weighted by atomic mass is 9.94. The van der Waals surface area contributed by atoms with Gasteiger partial charge in [0.25, 0.3) is 0 Å². The van der Waals surface area contributed by atoms with Crippen molar-refractivity contribution >= 4 is 5.91 Å². The maximum atomic E-state index is 11.2. The molecule has 0 bridgehead atoms. The van der Waals surface area contributed by atoms with E-state index in [1.54, 1.807) is 0 Å². The van der Waals surface area contributed by atoms with Crippen LogP contribution in [-0.4, -0.2) is 36.5 Å². The Morgan fingerprint density at radius 1 is 1.23 bits per heavy atom. The number of carbonyl (C=O) groups excluding carboxylic acids is 1. The molecular formula is C10H18N2O. The first-order valence-electron chi connectivity index (χ1n) is 5.37. The number of amides is 1. The molecule has 2 fully saturated rings. The standard InChI is InChI=1S/C10H18N2O/c13-10-8-12(7-6-11-10)9-4-2-1-3-5-9/h9H,1-8H2,(H,11,13). The van der Waals surface area contributed by atoms with E-state index >= 15 is 0 Å². The molecule has 13 heavy (non-hydrogen) atoms. The summed E-state index contributed by atoms with van der Waals surface area (Å²) in [5, 5.41) is 2.87. The molecule has 0 radical (unpaired) electrons. The Bertz CT molecular complexity index is 187. The number of rotatable bonds is 1. The monoisotopic (exact) mass is 182 g/mol. The molecule has 0 atom stereocenters. The van der Waals surface area contributed by atoms with Crippen LogP contribution in [0.15, 0.2) is 0 Å². The van der Waals surface area contributed by atoms with Crippen LogP contribution in [0.5, 0.6) is 0 Å². The van der Waals surface area contributed by atoms with E-state index in [0.717, 1.165) is 13.1 Å². The summed E-state index contributed by atoms with van der Waals surface area (Å²) < 4.78 is 0. The van der Waals surface area contributed by atoms with Crippen LogP contribution in [0.1, 0.15) is 32.1 Å². The van der Waals surface area contributed by atoms with Gasteiger partial charge in [0.15, 0.2) is 0 Å². The van der Waals surface area contributed by atoms with Crippen molar-refractivity contribution in [3.05, 3.63) is 0 Å². The molecule has 1 heterocycles. The average Bonchev–Trinajstić information content (AvgIpc) is 2.19. The molecule has 0 aromatic carbocycles. The van der Waals surface area contributed by atoms with E-state index < -0.39 is 0 Å². The summed E-state index contributed by atoms with van der Waals surface area (Å²) in [5.74, 6) is 0.205. The Morgan fingerprint density at radius 3 is 2.69 bits per heavy atom. The van der Waals surface area contributed by atoms with Crippen molar-refractivity contribution in [2.45, 2.75) is 38.1 Å². The van der Waals surface area contributed by atoms with E-state index in [-0.39, 0.29) is 5.91 Å². The molecule has 0 spiro atoms. The maximum Gasteiger partial charge on any atom is 0.234 e. The molecule has 0 aromatic heterocycles. The summed E-state index contributed by atoms with van der Waals surface area (Å²) in [4.78, 5) is 13.5. The van der Waals surface area contributed by atoms with E-state index in [1.807, 2.05) is 0 Å². The van der Waals surface area contributed by atoms with Gasteiger partial charge in [-0.2, -0.15) is 0 Å². The van der Waals surface area contributed by atoms with Gasteiger partial charge in [0, 0.05) is 19.1 Å². The molecule has 0 aromatic rings. The van der Waals surface area contributed by atoms with Gasteiger partial charge in [0.2, 0.25) is 5.91 Å². The van der Waals surface area contributed by atoms with Crippen LogP contribution in [0, 0.1) is 0 Å². The SMILES string of the molecule is O=C1CN(C2CCCCC2)CCN1. The highest BCUT2D eigenvalue weighted by Crippen LogP contribution is 2.22. The number of hydrogen-bond donors (Lipinski definition) is 1. The molecule has 0 unspecified atom stereocenters. The van der Waals surface area contributed by atoms with Crippen LogP contribution in [0.3, 0.4) is 0 Å². The van der Waals surface area contributed by atoms with E-state index in [0.29, 0.717) is 12.6 Å². The van der Waals surface area contributed by atoms with Gasteiger partial charge in [-0.15, -0.1) is 0 Å². The van der Waals surface area contributed by atoms with Gasteiger partial charge in [0.1, 0.15) is 0 Å². The Labute approximate surface area is 79.5 Å². The summed E-state index contributed by atoms with van der Waals surface area (Å²) in [6.45, 7) is 2.52. The molecule has 2 aliphatic rings. The Hall–Kier alpha value is -0.570. The lowest BCUT2D eigenvalue weighted by Crippen LogP contribution is -2.51. The van der Waals surface area contributed by atoms with Crippen LogP contribution in [0.4, 0.5) is 0 Å². The second-order valence-electron chi connectivity index (χ2n) is 4.11. The first-order valence-corrected chi connectivity index (χ1v) is 5.37. The second kappa shape index (κ2) is 4.09. The highest BCUT2D eigenvalue weighted by atomic mass is 16.2. The lowest BCUT2D eigenvalue weighted by molar-refractivity contribution is -0.125. The molecule has 2 rings (SSSR count). The number of nitrogens with zero attached hydrogens (tertiary/aromatic N) is 1. The first kappa shape index (κ1) is 9.00. The van der Waals surface area contributed by atoms with E-state index in [1.165, 1.54) is 32.1 Å². The van der Waals surface area contributed by atoms with Crippen LogP contribution in [0.25, 0.3) is 0 Å². The molecule has 1 aliphatic carbocycles. The molecule has 1 aliphatic heterocycles. The Morgan fingerprint density at radius 2 is 2.00 bits per heavy atom. The third-order valence-electron chi connectivity index (χ3n) is 3.16. The van der Waals surface area contributed by atoms with Crippen molar-refractivity contribution in [3.63, 3.8) is 0 Å².